The van der Waals surface area contributed by atoms with Crippen LogP contribution in [0.25, 0.3) is 0 Å². The van der Waals surface area contributed by atoms with Crippen molar-refractivity contribution in [3.8, 4) is 0 Å². The van der Waals surface area contributed by atoms with Gasteiger partial charge in [0.15, 0.2) is 0 Å². The van der Waals surface area contributed by atoms with Crippen molar-refractivity contribution >= 4 is 58.3 Å². The zero-order valence-corrected chi connectivity index (χ0v) is 16.7. The van der Waals surface area contributed by atoms with Crippen LogP contribution in [0.2, 0.25) is 0 Å². The fraction of sp³-hybridized carbons (Fsp3) is 0.467. The van der Waals surface area contributed by atoms with Gasteiger partial charge in [-0.15, -0.1) is 11.3 Å². The van der Waals surface area contributed by atoms with E-state index in [1.54, 1.807) is 31.1 Å². The van der Waals surface area contributed by atoms with Crippen molar-refractivity contribution in [3.05, 3.63) is 10.9 Å². The fourth-order valence-electron chi connectivity index (χ4n) is 1.35. The van der Waals surface area contributed by atoms with Gasteiger partial charge in [0, 0.05) is 19.4 Å². The van der Waals surface area contributed by atoms with Crippen LogP contribution in [-0.4, -0.2) is 49.7 Å². The lowest BCUT2D eigenvalue weighted by Crippen LogP contribution is -2.26. The summed E-state index contributed by atoms with van der Waals surface area (Å²) in [6, 6.07) is 0. The van der Waals surface area contributed by atoms with Crippen LogP contribution in [0, 0.1) is 5.41 Å². The molecule has 5 N–H and O–H groups in total. The third kappa shape index (κ3) is 9.72. The van der Waals surface area contributed by atoms with Gasteiger partial charge >= 0.3 is 5.97 Å². The number of thiophene rings is 1. The van der Waals surface area contributed by atoms with Gasteiger partial charge in [-0.2, -0.15) is 11.8 Å². The monoisotopic (exact) mass is 390 g/mol. The maximum Gasteiger partial charge on any atom is 0.343 e. The number of anilines is 2. The first-order valence-corrected chi connectivity index (χ1v) is 9.36. The lowest BCUT2D eigenvalue weighted by Gasteiger charge is -2.04. The van der Waals surface area contributed by atoms with Gasteiger partial charge in [0.2, 0.25) is 11.8 Å². The van der Waals surface area contributed by atoms with Crippen molar-refractivity contribution in [3.63, 3.8) is 0 Å². The molecule has 25 heavy (non-hydrogen) atoms. The molecule has 2 amide bonds. The molecule has 0 aliphatic heterocycles. The van der Waals surface area contributed by atoms with Crippen molar-refractivity contribution in [2.75, 3.05) is 31.0 Å². The maximum atomic E-state index is 11.5. The predicted octanol–water partition coefficient (Wildman–Crippen LogP) is 2.22. The molecule has 0 bridgehead atoms. The molecule has 8 nitrogen and oxygen atoms in total. The summed E-state index contributed by atoms with van der Waals surface area (Å²) in [6.45, 7) is 7.72. The molecule has 142 valence electrons. The van der Waals surface area contributed by atoms with Crippen molar-refractivity contribution in [1.82, 2.24) is 5.32 Å². The van der Waals surface area contributed by atoms with E-state index < -0.39 is 5.97 Å². The van der Waals surface area contributed by atoms with Crippen molar-refractivity contribution < 1.29 is 19.1 Å². The van der Waals surface area contributed by atoms with Gasteiger partial charge in [0.05, 0.1) is 17.5 Å². The number of hydrogen-bond donors (Lipinski definition) is 4. The molecule has 1 atom stereocenters. The molecule has 1 aromatic rings. The average Bonchev–Trinajstić information content (AvgIpc) is 2.95. The summed E-state index contributed by atoms with van der Waals surface area (Å²) in [7, 11) is 1.65. The minimum Gasteiger partial charge on any atom is -0.462 e. The van der Waals surface area contributed by atoms with E-state index in [9.17, 15) is 14.4 Å². The Kier molecular flexibility index (Phi) is 14.4. The second kappa shape index (κ2) is 14.3. The molecule has 1 unspecified atom stereocenters. The molecule has 0 fully saturated rings. The Morgan fingerprint density at radius 3 is 2.36 bits per heavy atom. The van der Waals surface area contributed by atoms with E-state index in [1.165, 1.54) is 18.3 Å². The first kappa shape index (κ1) is 25.2. The molecule has 0 aliphatic rings. The van der Waals surface area contributed by atoms with Gasteiger partial charge in [0.1, 0.15) is 10.6 Å². The highest BCUT2D eigenvalue weighted by molar-refractivity contribution is 7.99. The molecular weight excluding hydrogens is 364 g/mol. The molecule has 0 saturated carbocycles. The third-order valence-electron chi connectivity index (χ3n) is 2.56. The zero-order chi connectivity index (χ0) is 20.0. The summed E-state index contributed by atoms with van der Waals surface area (Å²) in [5.74, 6) is -0.667. The van der Waals surface area contributed by atoms with E-state index in [0.717, 1.165) is 0 Å². The SMILES string of the molecule is C=N.CCOC(=O)c1c(N)csc1NC(C)=O.CNC(=O)C(C)SC. The molecule has 0 spiro atoms. The minimum absolute atomic E-state index is 0.0833. The largest absolute Gasteiger partial charge is 0.462 e. The number of amides is 2. The Morgan fingerprint density at radius 1 is 1.44 bits per heavy atom. The van der Waals surface area contributed by atoms with E-state index in [1.807, 2.05) is 13.2 Å². The van der Waals surface area contributed by atoms with E-state index in [4.69, 9.17) is 15.9 Å². The second-order valence-corrected chi connectivity index (χ2v) is 6.35. The average molecular weight is 391 g/mol. The number of esters is 1. The Hall–Kier alpha value is -2.07. The molecule has 0 saturated heterocycles. The Labute approximate surface area is 156 Å². The van der Waals surface area contributed by atoms with E-state index in [2.05, 4.69) is 17.4 Å². The second-order valence-electron chi connectivity index (χ2n) is 4.29. The number of nitrogen functional groups attached to an aromatic ring is 1. The maximum absolute atomic E-state index is 11.5. The highest BCUT2D eigenvalue weighted by Crippen LogP contribution is 2.30. The van der Waals surface area contributed by atoms with Gasteiger partial charge in [-0.1, -0.05) is 0 Å². The molecule has 1 aromatic heterocycles. The lowest BCUT2D eigenvalue weighted by molar-refractivity contribution is -0.119. The van der Waals surface area contributed by atoms with Crippen molar-refractivity contribution in [2.24, 2.45) is 0 Å². The molecule has 0 radical (unpaired) electrons. The lowest BCUT2D eigenvalue weighted by atomic mass is 10.3. The van der Waals surface area contributed by atoms with E-state index >= 15 is 0 Å². The standard InChI is InChI=1S/C9H12N2O3S.C5H11NOS.CH3N/c1-3-14-9(13)7-6(10)4-15-8(7)11-5(2)12;1-4(8-3)5(7)6-2;1-2/h4H,3,10H2,1-2H3,(H,11,12);4H,1-3H3,(H,6,7);2H,1H2. The summed E-state index contributed by atoms with van der Waals surface area (Å²) >= 11 is 2.75. The highest BCUT2D eigenvalue weighted by atomic mass is 32.2. The summed E-state index contributed by atoms with van der Waals surface area (Å²) < 4.78 is 4.83. The van der Waals surface area contributed by atoms with Gasteiger partial charge in [-0.05, 0) is 26.8 Å². The van der Waals surface area contributed by atoms with Gasteiger partial charge in [-0.3, -0.25) is 9.59 Å². The number of carbonyl (C=O) groups is 3. The van der Waals surface area contributed by atoms with Crippen LogP contribution in [0.1, 0.15) is 31.1 Å². The topological polar surface area (TPSA) is 134 Å². The van der Waals surface area contributed by atoms with Crippen LogP contribution in [0.5, 0.6) is 0 Å². The number of rotatable bonds is 5. The number of nitrogens with one attached hydrogen (secondary N) is 3. The van der Waals surface area contributed by atoms with Crippen molar-refractivity contribution in [2.45, 2.75) is 26.0 Å². The molecule has 0 aromatic carbocycles. The molecule has 1 rings (SSSR count). The van der Waals surface area contributed by atoms with Crippen LogP contribution in [0.15, 0.2) is 5.38 Å². The normalized spacial score (nSPS) is 10.1. The summed E-state index contributed by atoms with van der Waals surface area (Å²) in [4.78, 5) is 33.0. The van der Waals surface area contributed by atoms with Crippen molar-refractivity contribution in [1.29, 1.82) is 5.41 Å². The Morgan fingerprint density at radius 2 is 2.00 bits per heavy atom. The quantitative estimate of drug-likeness (QED) is 0.450. The third-order valence-corrected chi connectivity index (χ3v) is 4.39. The molecule has 0 aliphatic carbocycles. The zero-order valence-electron chi connectivity index (χ0n) is 15.1. The summed E-state index contributed by atoms with van der Waals surface area (Å²) in [5.41, 5.74) is 6.16. The van der Waals surface area contributed by atoms with Crippen LogP contribution in [-0.2, 0) is 14.3 Å². The van der Waals surface area contributed by atoms with Crippen LogP contribution in [0.3, 0.4) is 0 Å². The van der Waals surface area contributed by atoms with Crippen LogP contribution < -0.4 is 16.4 Å². The molecular formula is C15H26N4O4S2. The van der Waals surface area contributed by atoms with E-state index in [0.29, 0.717) is 10.7 Å². The first-order chi connectivity index (χ1) is 11.8. The summed E-state index contributed by atoms with van der Waals surface area (Å²) in [6.07, 6.45) is 1.92. The van der Waals surface area contributed by atoms with Gasteiger partial charge in [-0.25, -0.2) is 4.79 Å². The number of carbonyl (C=O) groups excluding carboxylic acids is 3. The Bertz CT molecular complexity index is 564. The number of hydrogen-bond acceptors (Lipinski definition) is 8. The highest BCUT2D eigenvalue weighted by Gasteiger charge is 2.19. The Balaban J connectivity index is 0. The van der Waals surface area contributed by atoms with E-state index in [-0.39, 0.29) is 29.2 Å². The number of nitrogens with two attached hydrogens (primary N) is 1. The fourth-order valence-corrected chi connectivity index (χ4v) is 2.56. The molecule has 1 heterocycles. The smallest absolute Gasteiger partial charge is 0.343 e. The van der Waals surface area contributed by atoms with Crippen LogP contribution >= 0.6 is 23.1 Å². The summed E-state index contributed by atoms with van der Waals surface area (Å²) in [5, 5.41) is 12.7. The minimum atomic E-state index is -0.514. The number of ether oxygens (including phenoxy) is 1. The van der Waals surface area contributed by atoms with Crippen LogP contribution in [0.4, 0.5) is 10.7 Å². The number of thioether (sulfide) groups is 1. The van der Waals surface area contributed by atoms with Gasteiger partial charge < -0.3 is 26.5 Å². The van der Waals surface area contributed by atoms with Gasteiger partial charge in [0.25, 0.3) is 0 Å². The molecule has 10 heteroatoms. The first-order valence-electron chi connectivity index (χ1n) is 7.19. The predicted molar refractivity (Wildman–Crippen MR) is 106 cm³/mol.